The first-order chi connectivity index (χ1) is 8.80. The van der Waals surface area contributed by atoms with Gasteiger partial charge in [0.05, 0.1) is 4.90 Å². The van der Waals surface area contributed by atoms with Crippen LogP contribution in [0.4, 0.5) is 5.69 Å². The first-order valence-electron chi connectivity index (χ1n) is 6.24. The molecule has 0 spiro atoms. The second-order valence-electron chi connectivity index (χ2n) is 4.74. The van der Waals surface area contributed by atoms with E-state index in [9.17, 15) is 8.42 Å². The van der Waals surface area contributed by atoms with E-state index >= 15 is 0 Å². The number of allylic oxidation sites excluding steroid dienone is 1. The van der Waals surface area contributed by atoms with E-state index in [1.165, 1.54) is 4.31 Å². The molecule has 1 aromatic rings. The normalized spacial score (nSPS) is 11.8. The third-order valence-corrected chi connectivity index (χ3v) is 5.20. The molecule has 0 atom stereocenters. The average molecular weight is 282 g/mol. The predicted molar refractivity (Wildman–Crippen MR) is 79.6 cm³/mol. The van der Waals surface area contributed by atoms with Gasteiger partial charge in [0, 0.05) is 19.3 Å². The zero-order valence-electron chi connectivity index (χ0n) is 11.8. The Bertz CT molecular complexity index is 542. The van der Waals surface area contributed by atoms with E-state index in [0.717, 1.165) is 12.8 Å². The molecule has 5 heteroatoms. The quantitative estimate of drug-likeness (QED) is 0.495. The van der Waals surface area contributed by atoms with Crippen LogP contribution in [0.1, 0.15) is 24.0 Å². The van der Waals surface area contributed by atoms with Gasteiger partial charge in [0.1, 0.15) is 0 Å². The van der Waals surface area contributed by atoms with Gasteiger partial charge in [0.2, 0.25) is 10.0 Å². The summed E-state index contributed by atoms with van der Waals surface area (Å²) in [5.41, 5.74) is 7.69. The summed E-state index contributed by atoms with van der Waals surface area (Å²) < 4.78 is 26.5. The molecule has 0 aliphatic rings. The van der Waals surface area contributed by atoms with Crippen LogP contribution in [0.2, 0.25) is 0 Å². The van der Waals surface area contributed by atoms with Crippen LogP contribution in [0.5, 0.6) is 0 Å². The number of hydrogen-bond acceptors (Lipinski definition) is 3. The van der Waals surface area contributed by atoms with Gasteiger partial charge in [0.25, 0.3) is 0 Å². The van der Waals surface area contributed by atoms with Crippen molar-refractivity contribution in [3.8, 4) is 0 Å². The number of unbranched alkanes of at least 4 members (excludes halogenated alkanes) is 1. The van der Waals surface area contributed by atoms with Gasteiger partial charge in [-0.3, -0.25) is 0 Å². The molecule has 0 bridgehead atoms. The predicted octanol–water partition coefficient (Wildman–Crippen LogP) is 2.47. The molecule has 0 radical (unpaired) electrons. The van der Waals surface area contributed by atoms with Crippen molar-refractivity contribution in [3.05, 3.63) is 35.9 Å². The lowest BCUT2D eigenvalue weighted by Crippen LogP contribution is -2.29. The number of nitrogens with zero attached hydrogens (tertiary/aromatic N) is 1. The van der Waals surface area contributed by atoms with Crippen LogP contribution in [-0.2, 0) is 10.0 Å². The van der Waals surface area contributed by atoms with E-state index in [-0.39, 0.29) is 0 Å². The number of rotatable bonds is 6. The van der Waals surface area contributed by atoms with Crippen LogP contribution < -0.4 is 5.73 Å². The monoisotopic (exact) mass is 282 g/mol. The Morgan fingerprint density at radius 3 is 2.32 bits per heavy atom. The zero-order valence-corrected chi connectivity index (χ0v) is 12.6. The van der Waals surface area contributed by atoms with E-state index in [4.69, 9.17) is 5.73 Å². The minimum Gasteiger partial charge on any atom is -0.399 e. The Morgan fingerprint density at radius 1 is 1.32 bits per heavy atom. The lowest BCUT2D eigenvalue weighted by atomic mass is 10.1. The summed E-state index contributed by atoms with van der Waals surface area (Å²) in [6.07, 6.45) is 3.37. The van der Waals surface area contributed by atoms with E-state index in [0.29, 0.717) is 28.3 Å². The standard InChI is InChI=1S/C14H22N2O2S/c1-5-6-7-8-16(4)19(17,18)14-11(2)9-13(15)10-12(14)3/h5,9-10H,1,6-8,15H2,2-4H3. The maximum atomic E-state index is 12.5. The van der Waals surface area contributed by atoms with Crippen molar-refractivity contribution in [2.75, 3.05) is 19.3 Å². The Kier molecular flexibility index (Phi) is 5.14. The summed E-state index contributed by atoms with van der Waals surface area (Å²) >= 11 is 0. The van der Waals surface area contributed by atoms with Crippen LogP contribution in [-0.4, -0.2) is 26.3 Å². The van der Waals surface area contributed by atoms with Gasteiger partial charge in [-0.15, -0.1) is 6.58 Å². The van der Waals surface area contributed by atoms with E-state index in [2.05, 4.69) is 6.58 Å². The number of nitrogens with two attached hydrogens (primary N) is 1. The summed E-state index contributed by atoms with van der Waals surface area (Å²) in [5.74, 6) is 0. The molecule has 1 aromatic carbocycles. The maximum absolute atomic E-state index is 12.5. The molecule has 0 aromatic heterocycles. The second kappa shape index (κ2) is 6.21. The van der Waals surface area contributed by atoms with Crippen LogP contribution in [0.25, 0.3) is 0 Å². The molecule has 4 nitrogen and oxygen atoms in total. The number of hydrogen-bond donors (Lipinski definition) is 1. The average Bonchev–Trinajstić information content (AvgIpc) is 2.27. The summed E-state index contributed by atoms with van der Waals surface area (Å²) in [4.78, 5) is 0.364. The fourth-order valence-corrected chi connectivity index (χ4v) is 3.74. The molecule has 0 aliphatic carbocycles. The van der Waals surface area contributed by atoms with Crippen molar-refractivity contribution in [2.24, 2.45) is 0 Å². The molecule has 0 saturated carbocycles. The van der Waals surface area contributed by atoms with Gasteiger partial charge in [-0.1, -0.05) is 6.08 Å². The fourth-order valence-electron chi connectivity index (χ4n) is 2.12. The maximum Gasteiger partial charge on any atom is 0.243 e. The van der Waals surface area contributed by atoms with Gasteiger partial charge >= 0.3 is 0 Å². The molecule has 0 saturated heterocycles. The highest BCUT2D eigenvalue weighted by Crippen LogP contribution is 2.25. The fraction of sp³-hybridized carbons (Fsp3) is 0.429. The first-order valence-corrected chi connectivity index (χ1v) is 7.68. The molecule has 0 aliphatic heterocycles. The third-order valence-electron chi connectivity index (χ3n) is 3.03. The van der Waals surface area contributed by atoms with Crippen molar-refractivity contribution in [1.29, 1.82) is 0 Å². The molecule has 1 rings (SSSR count). The molecule has 2 N–H and O–H groups in total. The van der Waals surface area contributed by atoms with Gasteiger partial charge in [-0.25, -0.2) is 12.7 Å². The van der Waals surface area contributed by atoms with Gasteiger partial charge in [-0.05, 0) is 49.9 Å². The highest BCUT2D eigenvalue weighted by Gasteiger charge is 2.24. The molecule has 0 unspecified atom stereocenters. The summed E-state index contributed by atoms with van der Waals surface area (Å²) in [6, 6.07) is 3.38. The Morgan fingerprint density at radius 2 is 1.84 bits per heavy atom. The van der Waals surface area contributed by atoms with Gasteiger partial charge in [-0.2, -0.15) is 0 Å². The van der Waals surface area contributed by atoms with Crippen molar-refractivity contribution in [2.45, 2.75) is 31.6 Å². The summed E-state index contributed by atoms with van der Waals surface area (Å²) in [6.45, 7) is 7.66. The van der Waals surface area contributed by atoms with Crippen molar-refractivity contribution >= 4 is 15.7 Å². The molecule has 0 heterocycles. The number of nitrogen functional groups attached to an aromatic ring is 1. The number of aryl methyl sites for hydroxylation is 2. The largest absolute Gasteiger partial charge is 0.399 e. The van der Waals surface area contributed by atoms with E-state index < -0.39 is 10.0 Å². The molecule has 19 heavy (non-hydrogen) atoms. The topological polar surface area (TPSA) is 63.4 Å². The summed E-state index contributed by atoms with van der Waals surface area (Å²) in [5, 5.41) is 0. The van der Waals surface area contributed by atoms with Crippen molar-refractivity contribution < 1.29 is 8.42 Å². The lowest BCUT2D eigenvalue weighted by molar-refractivity contribution is 0.462. The van der Waals surface area contributed by atoms with Crippen LogP contribution >= 0.6 is 0 Å². The first kappa shape index (κ1) is 15.7. The van der Waals surface area contributed by atoms with Crippen LogP contribution in [0, 0.1) is 13.8 Å². The van der Waals surface area contributed by atoms with Gasteiger partial charge < -0.3 is 5.73 Å². The minimum atomic E-state index is -3.45. The Labute approximate surface area is 116 Å². The highest BCUT2D eigenvalue weighted by molar-refractivity contribution is 7.89. The Balaban J connectivity index is 3.10. The molecular formula is C14H22N2O2S. The highest BCUT2D eigenvalue weighted by atomic mass is 32.2. The zero-order chi connectivity index (χ0) is 14.6. The van der Waals surface area contributed by atoms with Crippen molar-refractivity contribution in [3.63, 3.8) is 0 Å². The molecule has 0 amide bonds. The second-order valence-corrected chi connectivity index (χ2v) is 6.72. The Hall–Kier alpha value is -1.33. The SMILES string of the molecule is C=CCCCN(C)S(=O)(=O)c1c(C)cc(N)cc1C. The number of benzene rings is 1. The molecule has 0 fully saturated rings. The molecule has 106 valence electrons. The van der Waals surface area contributed by atoms with E-state index in [1.54, 1.807) is 39.1 Å². The van der Waals surface area contributed by atoms with Crippen LogP contribution in [0.15, 0.2) is 29.7 Å². The third kappa shape index (κ3) is 3.58. The van der Waals surface area contributed by atoms with Crippen molar-refractivity contribution in [1.82, 2.24) is 4.31 Å². The summed E-state index contributed by atoms with van der Waals surface area (Å²) in [7, 11) is -1.85. The number of sulfonamides is 1. The van der Waals surface area contributed by atoms with E-state index in [1.807, 2.05) is 0 Å². The molecular weight excluding hydrogens is 260 g/mol. The van der Waals surface area contributed by atoms with Crippen LogP contribution in [0.3, 0.4) is 0 Å². The van der Waals surface area contributed by atoms with Gasteiger partial charge in [0.15, 0.2) is 0 Å². The minimum absolute atomic E-state index is 0.364. The smallest absolute Gasteiger partial charge is 0.243 e. The number of anilines is 1. The lowest BCUT2D eigenvalue weighted by Gasteiger charge is -2.20.